The van der Waals surface area contributed by atoms with Crippen LogP contribution in [0.25, 0.3) is 0 Å². The highest BCUT2D eigenvalue weighted by molar-refractivity contribution is 8.00. The third kappa shape index (κ3) is 4.01. The summed E-state index contributed by atoms with van der Waals surface area (Å²) in [5.74, 6) is -0.363. The zero-order valence-electron chi connectivity index (χ0n) is 17.5. The number of benzene rings is 2. The lowest BCUT2D eigenvalue weighted by Crippen LogP contribution is -2.46. The number of hydrogen-bond acceptors (Lipinski definition) is 6. The van der Waals surface area contributed by atoms with Crippen LogP contribution in [0.5, 0.6) is 0 Å². The number of thioether (sulfide) groups is 1. The van der Waals surface area contributed by atoms with Crippen LogP contribution in [0.2, 0.25) is 0 Å². The lowest BCUT2D eigenvalue weighted by Gasteiger charge is -2.24. The van der Waals surface area contributed by atoms with Crippen molar-refractivity contribution in [1.82, 2.24) is 15.6 Å². The predicted octanol–water partition coefficient (Wildman–Crippen LogP) is 2.66. The molecule has 2 fully saturated rings. The number of hydrazine groups is 1. The lowest BCUT2D eigenvalue weighted by atomic mass is 9.93. The van der Waals surface area contributed by atoms with Gasteiger partial charge in [0.15, 0.2) is 0 Å². The van der Waals surface area contributed by atoms with E-state index in [1.165, 1.54) is 0 Å². The normalized spacial score (nSPS) is 26.8. The first-order valence-corrected chi connectivity index (χ1v) is 12.9. The molecular weight excluding hydrogens is 432 g/mol. The summed E-state index contributed by atoms with van der Waals surface area (Å²) >= 11 is 1.59. The Hall–Kier alpha value is -1.91. The van der Waals surface area contributed by atoms with Crippen molar-refractivity contribution in [2.45, 2.75) is 60.3 Å². The van der Waals surface area contributed by atoms with Crippen LogP contribution in [-0.4, -0.2) is 30.7 Å². The van der Waals surface area contributed by atoms with Gasteiger partial charge in [-0.2, -0.15) is 0 Å². The summed E-state index contributed by atoms with van der Waals surface area (Å²) in [6.45, 7) is 3.93. The summed E-state index contributed by atoms with van der Waals surface area (Å²) in [5.41, 5.74) is 8.25. The minimum Gasteiger partial charge on any atom is -0.285 e. The second-order valence-corrected chi connectivity index (χ2v) is 11.9. The van der Waals surface area contributed by atoms with E-state index in [0.29, 0.717) is 12.1 Å². The van der Waals surface area contributed by atoms with Crippen molar-refractivity contribution in [1.29, 1.82) is 0 Å². The predicted molar refractivity (Wildman–Crippen MR) is 122 cm³/mol. The average molecular weight is 459 g/mol. The van der Waals surface area contributed by atoms with E-state index in [-0.39, 0.29) is 33.1 Å². The molecule has 0 spiro atoms. The SMILES string of the molecule is CC1NNC(N2C(=O)C(Cc3ccccc3)c3ccc(S(=O)(=O)NC4(C)CC4)cc32)S1. The van der Waals surface area contributed by atoms with Crippen molar-refractivity contribution in [3.8, 4) is 0 Å². The molecule has 2 aromatic carbocycles. The summed E-state index contributed by atoms with van der Waals surface area (Å²) in [6, 6.07) is 15.0. The molecule has 9 heteroatoms. The van der Waals surface area contributed by atoms with Gasteiger partial charge >= 0.3 is 0 Å². The van der Waals surface area contributed by atoms with Crippen LogP contribution in [-0.2, 0) is 21.2 Å². The third-order valence-corrected chi connectivity index (χ3v) is 8.87. The average Bonchev–Trinajstić information content (AvgIpc) is 3.18. The fourth-order valence-electron chi connectivity index (χ4n) is 4.15. The van der Waals surface area contributed by atoms with E-state index in [9.17, 15) is 13.2 Å². The maximum absolute atomic E-state index is 13.5. The summed E-state index contributed by atoms with van der Waals surface area (Å²) < 4.78 is 28.8. The number of nitrogens with one attached hydrogen (secondary N) is 3. The molecule has 1 aliphatic carbocycles. The van der Waals surface area contributed by atoms with Crippen LogP contribution in [0, 0.1) is 0 Å². The number of sulfonamides is 1. The number of carbonyl (C=O) groups is 1. The van der Waals surface area contributed by atoms with Gasteiger partial charge in [-0.05, 0) is 56.4 Å². The van der Waals surface area contributed by atoms with E-state index in [0.717, 1.165) is 24.0 Å². The Morgan fingerprint density at radius 1 is 1.16 bits per heavy atom. The Balaban J connectivity index is 1.53. The first-order chi connectivity index (χ1) is 14.8. The van der Waals surface area contributed by atoms with Gasteiger partial charge in [-0.3, -0.25) is 9.69 Å². The van der Waals surface area contributed by atoms with Crippen molar-refractivity contribution in [3.05, 3.63) is 59.7 Å². The standard InChI is InChI=1S/C22H26N4O3S2/c1-14-23-24-21(30-14)26-19-13-16(31(28,29)25-22(2)10-11-22)8-9-17(19)18(20(26)27)12-15-6-4-3-5-7-15/h3-9,13-14,18,21,23-25H,10-12H2,1-2H3. The minimum atomic E-state index is -3.66. The van der Waals surface area contributed by atoms with Gasteiger partial charge in [0.1, 0.15) is 5.50 Å². The third-order valence-electron chi connectivity index (χ3n) is 6.12. The Kier molecular flexibility index (Phi) is 5.14. The molecule has 3 atom stereocenters. The van der Waals surface area contributed by atoms with Crippen LogP contribution in [0.15, 0.2) is 53.4 Å². The van der Waals surface area contributed by atoms with Crippen LogP contribution in [0.3, 0.4) is 0 Å². The number of rotatable bonds is 6. The van der Waals surface area contributed by atoms with Gasteiger partial charge in [0.05, 0.1) is 21.9 Å². The van der Waals surface area contributed by atoms with E-state index in [4.69, 9.17) is 0 Å². The molecular formula is C22H26N4O3S2. The highest BCUT2D eigenvalue weighted by Crippen LogP contribution is 2.44. The molecule has 31 heavy (non-hydrogen) atoms. The monoisotopic (exact) mass is 458 g/mol. The van der Waals surface area contributed by atoms with E-state index < -0.39 is 10.0 Å². The van der Waals surface area contributed by atoms with Crippen LogP contribution in [0.4, 0.5) is 5.69 Å². The summed E-state index contributed by atoms with van der Waals surface area (Å²) in [4.78, 5) is 15.4. The summed E-state index contributed by atoms with van der Waals surface area (Å²) in [6.07, 6.45) is 2.26. The van der Waals surface area contributed by atoms with Gasteiger partial charge in [-0.25, -0.2) is 24.0 Å². The highest BCUT2D eigenvalue weighted by Gasteiger charge is 2.45. The maximum atomic E-state index is 13.5. The Bertz CT molecular complexity index is 1120. The molecule has 2 heterocycles. The lowest BCUT2D eigenvalue weighted by molar-refractivity contribution is -0.119. The second-order valence-electron chi connectivity index (χ2n) is 8.76. The molecule has 1 saturated heterocycles. The minimum absolute atomic E-state index is 0.0172. The number of nitrogens with zero attached hydrogens (tertiary/aromatic N) is 1. The van der Waals surface area contributed by atoms with Crippen molar-refractivity contribution >= 4 is 33.4 Å². The quantitative estimate of drug-likeness (QED) is 0.617. The molecule has 2 aromatic rings. The molecule has 5 rings (SSSR count). The summed E-state index contributed by atoms with van der Waals surface area (Å²) in [7, 11) is -3.66. The zero-order valence-corrected chi connectivity index (χ0v) is 19.1. The van der Waals surface area contributed by atoms with Crippen LogP contribution < -0.4 is 20.5 Å². The van der Waals surface area contributed by atoms with Gasteiger partial charge < -0.3 is 0 Å². The molecule has 3 aliphatic rings. The fraction of sp³-hybridized carbons (Fsp3) is 0.409. The van der Waals surface area contributed by atoms with Crippen LogP contribution in [0.1, 0.15) is 43.7 Å². The first-order valence-electron chi connectivity index (χ1n) is 10.5. The largest absolute Gasteiger partial charge is 0.285 e. The molecule has 1 amide bonds. The Morgan fingerprint density at radius 3 is 2.55 bits per heavy atom. The van der Waals surface area contributed by atoms with E-state index in [1.54, 1.807) is 34.9 Å². The molecule has 164 valence electrons. The van der Waals surface area contributed by atoms with Crippen molar-refractivity contribution in [2.24, 2.45) is 0 Å². The number of hydrogen-bond donors (Lipinski definition) is 3. The van der Waals surface area contributed by atoms with Crippen molar-refractivity contribution < 1.29 is 13.2 Å². The van der Waals surface area contributed by atoms with E-state index in [2.05, 4.69) is 15.6 Å². The Morgan fingerprint density at radius 2 is 1.90 bits per heavy atom. The van der Waals surface area contributed by atoms with Gasteiger partial charge in [0.25, 0.3) is 0 Å². The maximum Gasteiger partial charge on any atom is 0.241 e. The molecule has 0 bridgehead atoms. The summed E-state index contributed by atoms with van der Waals surface area (Å²) in [5, 5.41) is 0.137. The number of fused-ring (bicyclic) bond motifs is 1. The highest BCUT2D eigenvalue weighted by atomic mass is 32.2. The van der Waals surface area contributed by atoms with E-state index >= 15 is 0 Å². The molecule has 0 aromatic heterocycles. The van der Waals surface area contributed by atoms with Gasteiger partial charge in [-0.15, -0.1) is 0 Å². The first kappa shape index (κ1) is 21.0. The van der Waals surface area contributed by atoms with Crippen molar-refractivity contribution in [2.75, 3.05) is 4.90 Å². The molecule has 0 radical (unpaired) electrons. The molecule has 2 aliphatic heterocycles. The van der Waals surface area contributed by atoms with Gasteiger partial charge in [0, 0.05) is 5.54 Å². The fourth-order valence-corrected chi connectivity index (χ4v) is 6.63. The molecule has 3 N–H and O–H groups in total. The Labute approximate surface area is 187 Å². The second kappa shape index (κ2) is 7.60. The zero-order chi connectivity index (χ0) is 21.8. The van der Waals surface area contributed by atoms with Gasteiger partial charge in [-0.1, -0.05) is 48.2 Å². The molecule has 3 unspecified atom stereocenters. The van der Waals surface area contributed by atoms with Gasteiger partial charge in [0.2, 0.25) is 15.9 Å². The number of anilines is 1. The van der Waals surface area contributed by atoms with E-state index in [1.807, 2.05) is 44.2 Å². The van der Waals surface area contributed by atoms with Crippen molar-refractivity contribution in [3.63, 3.8) is 0 Å². The molecule has 7 nitrogen and oxygen atoms in total. The number of amides is 1. The topological polar surface area (TPSA) is 90.5 Å². The smallest absolute Gasteiger partial charge is 0.241 e. The number of carbonyl (C=O) groups excluding carboxylic acids is 1. The molecule has 1 saturated carbocycles. The van der Waals surface area contributed by atoms with Crippen LogP contribution >= 0.6 is 11.8 Å².